The number of ether oxygens (including phenoxy) is 1. The quantitative estimate of drug-likeness (QED) is 0.918. The third-order valence-corrected chi connectivity index (χ3v) is 5.61. The molecule has 140 valence electrons. The van der Waals surface area contributed by atoms with Crippen molar-refractivity contribution in [2.75, 3.05) is 0 Å². The zero-order chi connectivity index (χ0) is 18.6. The van der Waals surface area contributed by atoms with E-state index in [2.05, 4.69) is 36.1 Å². The molecule has 2 aromatic rings. The topological polar surface area (TPSA) is 68.5 Å². The fourth-order valence-electron chi connectivity index (χ4n) is 4.62. The van der Waals surface area contributed by atoms with E-state index in [4.69, 9.17) is 4.74 Å². The van der Waals surface area contributed by atoms with Crippen molar-refractivity contribution in [3.05, 3.63) is 29.5 Å². The Kier molecular flexibility index (Phi) is 4.06. The number of aromatic nitrogens is 3. The van der Waals surface area contributed by atoms with Crippen LogP contribution >= 0.6 is 0 Å². The summed E-state index contributed by atoms with van der Waals surface area (Å²) >= 11 is 0. The zero-order valence-electron chi connectivity index (χ0n) is 16.2. The number of nitrogens with one attached hydrogen (secondary N) is 1. The third kappa shape index (κ3) is 3.11. The Balaban J connectivity index is 1.46. The van der Waals surface area contributed by atoms with Gasteiger partial charge >= 0.3 is 0 Å². The number of hydrogen-bond acceptors (Lipinski definition) is 4. The highest BCUT2D eigenvalue weighted by molar-refractivity contribution is 5.98. The summed E-state index contributed by atoms with van der Waals surface area (Å²) in [5, 5.41) is 3.22. The van der Waals surface area contributed by atoms with Crippen LogP contribution in [-0.4, -0.2) is 38.0 Å². The minimum Gasteiger partial charge on any atom is -0.373 e. The summed E-state index contributed by atoms with van der Waals surface area (Å²) in [6, 6.07) is 2.23. The van der Waals surface area contributed by atoms with Gasteiger partial charge in [-0.1, -0.05) is 0 Å². The molecule has 2 fully saturated rings. The Bertz CT molecular complexity index is 839. The van der Waals surface area contributed by atoms with E-state index in [0.717, 1.165) is 24.2 Å². The molecule has 1 amide bonds. The lowest BCUT2D eigenvalue weighted by molar-refractivity contribution is -0.125. The van der Waals surface area contributed by atoms with Crippen LogP contribution in [0.2, 0.25) is 0 Å². The molecule has 2 aliphatic rings. The Hall–Kier alpha value is -1.95. The van der Waals surface area contributed by atoms with Crippen molar-refractivity contribution in [1.82, 2.24) is 19.7 Å². The Labute approximate surface area is 154 Å². The first-order valence-corrected chi connectivity index (χ1v) is 9.51. The summed E-state index contributed by atoms with van der Waals surface area (Å²) in [5.41, 5.74) is 2.88. The standard InChI is InChI=1S/C20H28N4O2/c1-11-6-12(2)24-10-21-17(18(24)22-11)19(25)23-16-13-7-14(16)9-15(8-13)26-20(3,4)5/h6,10,13-16H,7-9H2,1-5H3,(H,23,25)/t13-,14+,15+,16+. The summed E-state index contributed by atoms with van der Waals surface area (Å²) in [6.07, 6.45) is 5.24. The van der Waals surface area contributed by atoms with Gasteiger partial charge in [0.05, 0.1) is 11.7 Å². The molecular formula is C20H28N4O2. The van der Waals surface area contributed by atoms with Crippen molar-refractivity contribution >= 4 is 11.6 Å². The summed E-state index contributed by atoms with van der Waals surface area (Å²) in [7, 11) is 0. The molecule has 4 atom stereocenters. The van der Waals surface area contributed by atoms with Crippen LogP contribution in [0.4, 0.5) is 0 Å². The maximum atomic E-state index is 12.8. The van der Waals surface area contributed by atoms with Gasteiger partial charge in [0.1, 0.15) is 6.33 Å². The smallest absolute Gasteiger partial charge is 0.274 e. The van der Waals surface area contributed by atoms with E-state index >= 15 is 0 Å². The molecule has 0 unspecified atom stereocenters. The van der Waals surface area contributed by atoms with Crippen LogP contribution in [0.5, 0.6) is 0 Å². The molecule has 2 aliphatic carbocycles. The molecule has 6 nitrogen and oxygen atoms in total. The number of hydrogen-bond donors (Lipinski definition) is 1. The predicted octanol–water partition coefficient (Wildman–Crippen LogP) is 3.06. The van der Waals surface area contributed by atoms with Crippen LogP contribution in [0.15, 0.2) is 12.4 Å². The molecule has 2 aromatic heterocycles. The predicted molar refractivity (Wildman–Crippen MR) is 99.2 cm³/mol. The molecule has 0 aromatic carbocycles. The number of aryl methyl sites for hydroxylation is 2. The molecule has 2 heterocycles. The molecule has 2 saturated carbocycles. The van der Waals surface area contributed by atoms with E-state index < -0.39 is 0 Å². The minimum absolute atomic E-state index is 0.107. The van der Waals surface area contributed by atoms with Crippen LogP contribution in [0.3, 0.4) is 0 Å². The highest BCUT2D eigenvalue weighted by atomic mass is 16.5. The third-order valence-electron chi connectivity index (χ3n) is 5.61. The van der Waals surface area contributed by atoms with Crippen molar-refractivity contribution in [3.8, 4) is 0 Å². The molecule has 2 bridgehead atoms. The van der Waals surface area contributed by atoms with E-state index in [-0.39, 0.29) is 17.6 Å². The Morgan fingerprint density at radius 3 is 2.58 bits per heavy atom. The molecule has 1 N–H and O–H groups in total. The first-order valence-electron chi connectivity index (χ1n) is 9.51. The highest BCUT2D eigenvalue weighted by Crippen LogP contribution is 2.47. The van der Waals surface area contributed by atoms with Crippen molar-refractivity contribution in [3.63, 3.8) is 0 Å². The molecular weight excluding hydrogens is 328 g/mol. The fraction of sp³-hybridized carbons (Fsp3) is 0.650. The average molecular weight is 356 g/mol. The molecule has 0 saturated heterocycles. The van der Waals surface area contributed by atoms with Gasteiger partial charge in [-0.15, -0.1) is 0 Å². The maximum absolute atomic E-state index is 12.8. The summed E-state index contributed by atoms with van der Waals surface area (Å²) < 4.78 is 8.02. The van der Waals surface area contributed by atoms with Crippen LogP contribution in [-0.2, 0) is 4.74 Å². The molecule has 0 radical (unpaired) electrons. The molecule has 4 rings (SSSR count). The normalized spacial score (nSPS) is 28.0. The number of imidazole rings is 1. The summed E-state index contributed by atoms with van der Waals surface area (Å²) in [6.45, 7) is 10.2. The molecule has 6 heteroatoms. The maximum Gasteiger partial charge on any atom is 0.274 e. The number of fused-ring (bicyclic) bond motifs is 3. The average Bonchev–Trinajstić information content (AvgIpc) is 2.95. The number of carbonyl (C=O) groups excluding carboxylic acids is 1. The second-order valence-electron chi connectivity index (χ2n) is 8.90. The van der Waals surface area contributed by atoms with Gasteiger partial charge in [-0.2, -0.15) is 0 Å². The van der Waals surface area contributed by atoms with Gasteiger partial charge in [-0.25, -0.2) is 9.97 Å². The SMILES string of the molecule is Cc1cc(C)n2cnc(C(=O)N[C@@H]3[C@@H]4C[C@@H](OC(C)(C)C)C[C@H]3C4)c2n1. The first kappa shape index (κ1) is 17.5. The van der Waals surface area contributed by atoms with Crippen molar-refractivity contribution in [1.29, 1.82) is 0 Å². The Morgan fingerprint density at radius 1 is 1.23 bits per heavy atom. The lowest BCUT2D eigenvalue weighted by Crippen LogP contribution is -2.59. The van der Waals surface area contributed by atoms with Crippen molar-refractivity contribution < 1.29 is 9.53 Å². The van der Waals surface area contributed by atoms with E-state index in [0.29, 0.717) is 29.3 Å². The van der Waals surface area contributed by atoms with Crippen LogP contribution in [0.25, 0.3) is 5.65 Å². The zero-order valence-corrected chi connectivity index (χ0v) is 16.2. The molecule has 0 spiro atoms. The minimum atomic E-state index is -0.111. The van der Waals surface area contributed by atoms with Gasteiger partial charge in [-0.05, 0) is 71.8 Å². The van der Waals surface area contributed by atoms with E-state index in [1.807, 2.05) is 24.3 Å². The van der Waals surface area contributed by atoms with Crippen LogP contribution in [0, 0.1) is 25.7 Å². The van der Waals surface area contributed by atoms with Gasteiger partial charge in [-0.3, -0.25) is 9.20 Å². The second-order valence-corrected chi connectivity index (χ2v) is 8.90. The van der Waals surface area contributed by atoms with Gasteiger partial charge < -0.3 is 10.1 Å². The number of carbonyl (C=O) groups is 1. The lowest BCUT2D eigenvalue weighted by Gasteiger charge is -2.53. The van der Waals surface area contributed by atoms with Crippen LogP contribution < -0.4 is 5.32 Å². The number of amides is 1. The van der Waals surface area contributed by atoms with E-state index in [1.54, 1.807) is 6.33 Å². The monoisotopic (exact) mass is 356 g/mol. The van der Waals surface area contributed by atoms with Gasteiger partial charge in [0.2, 0.25) is 0 Å². The first-order chi connectivity index (χ1) is 12.2. The number of rotatable bonds is 3. The number of nitrogens with zero attached hydrogens (tertiary/aromatic N) is 3. The van der Waals surface area contributed by atoms with E-state index in [9.17, 15) is 4.79 Å². The van der Waals surface area contributed by atoms with Gasteiger partial charge in [0.15, 0.2) is 11.3 Å². The van der Waals surface area contributed by atoms with Gasteiger partial charge in [0, 0.05) is 17.4 Å². The molecule has 0 aliphatic heterocycles. The van der Waals surface area contributed by atoms with Crippen molar-refractivity contribution in [2.24, 2.45) is 11.8 Å². The molecule has 26 heavy (non-hydrogen) atoms. The highest BCUT2D eigenvalue weighted by Gasteiger charge is 2.49. The van der Waals surface area contributed by atoms with E-state index in [1.165, 1.54) is 6.42 Å². The second kappa shape index (κ2) is 6.05. The summed E-state index contributed by atoms with van der Waals surface area (Å²) in [5.74, 6) is 0.908. The fourth-order valence-corrected chi connectivity index (χ4v) is 4.62. The van der Waals surface area contributed by atoms with Crippen LogP contribution in [0.1, 0.15) is 61.9 Å². The lowest BCUT2D eigenvalue weighted by atomic mass is 9.60. The van der Waals surface area contributed by atoms with Crippen molar-refractivity contribution in [2.45, 2.75) is 71.6 Å². The Morgan fingerprint density at radius 2 is 1.92 bits per heavy atom. The summed E-state index contributed by atoms with van der Waals surface area (Å²) in [4.78, 5) is 21.7. The largest absolute Gasteiger partial charge is 0.373 e. The van der Waals surface area contributed by atoms with Gasteiger partial charge in [0.25, 0.3) is 5.91 Å².